The molecular formula is C17H21N3O3. The second kappa shape index (κ2) is 7.26. The Kier molecular flexibility index (Phi) is 4.90. The first kappa shape index (κ1) is 15.5. The van der Waals surface area contributed by atoms with Crippen molar-refractivity contribution in [1.82, 2.24) is 15.5 Å². The molecule has 1 amide bonds. The third kappa shape index (κ3) is 4.09. The Labute approximate surface area is 135 Å². The Bertz CT molecular complexity index is 644. The van der Waals surface area contributed by atoms with Gasteiger partial charge in [0.1, 0.15) is 11.9 Å². The zero-order valence-electron chi connectivity index (χ0n) is 13.2. The molecular weight excluding hydrogens is 294 g/mol. The Morgan fingerprint density at radius 2 is 2.22 bits per heavy atom. The van der Waals surface area contributed by atoms with Crippen molar-refractivity contribution in [3.63, 3.8) is 0 Å². The number of rotatable bonds is 7. The number of fused-ring (bicyclic) bond motifs is 1. The minimum absolute atomic E-state index is 0.0101. The van der Waals surface area contributed by atoms with E-state index in [1.165, 1.54) is 5.56 Å². The fourth-order valence-corrected chi connectivity index (χ4v) is 2.62. The van der Waals surface area contributed by atoms with E-state index in [1.807, 2.05) is 18.2 Å². The maximum absolute atomic E-state index is 11.9. The van der Waals surface area contributed by atoms with E-state index in [2.05, 4.69) is 28.4 Å². The molecule has 0 aliphatic carbocycles. The van der Waals surface area contributed by atoms with Gasteiger partial charge in [-0.2, -0.15) is 4.98 Å². The highest BCUT2D eigenvalue weighted by Crippen LogP contribution is 2.27. The Morgan fingerprint density at radius 3 is 3.04 bits per heavy atom. The van der Waals surface area contributed by atoms with Crippen LogP contribution in [0.5, 0.6) is 5.75 Å². The number of nitrogens with one attached hydrogen (secondary N) is 1. The summed E-state index contributed by atoms with van der Waals surface area (Å²) in [5.74, 6) is 2.12. The number of carbonyl (C=O) groups is 1. The molecule has 2 heterocycles. The number of hydrogen-bond donors (Lipinski definition) is 1. The van der Waals surface area contributed by atoms with E-state index in [4.69, 9.17) is 9.26 Å². The van der Waals surface area contributed by atoms with E-state index in [-0.39, 0.29) is 12.0 Å². The fourth-order valence-electron chi connectivity index (χ4n) is 2.62. The van der Waals surface area contributed by atoms with Crippen LogP contribution in [0.4, 0.5) is 0 Å². The molecule has 122 valence electrons. The smallest absolute Gasteiger partial charge is 0.227 e. The van der Waals surface area contributed by atoms with Crippen LogP contribution in [0.25, 0.3) is 0 Å². The van der Waals surface area contributed by atoms with E-state index in [1.54, 1.807) is 0 Å². The molecule has 0 saturated heterocycles. The van der Waals surface area contributed by atoms with Gasteiger partial charge in [-0.15, -0.1) is 0 Å². The predicted molar refractivity (Wildman–Crippen MR) is 84.2 cm³/mol. The average Bonchev–Trinajstić information content (AvgIpc) is 3.17. The number of hydrogen-bond acceptors (Lipinski definition) is 5. The highest BCUT2D eigenvalue weighted by molar-refractivity contribution is 5.76. The summed E-state index contributed by atoms with van der Waals surface area (Å²) in [4.78, 5) is 16.2. The molecule has 23 heavy (non-hydrogen) atoms. The van der Waals surface area contributed by atoms with Gasteiger partial charge in [-0.05, 0) is 18.1 Å². The number of amides is 1. The lowest BCUT2D eigenvalue weighted by molar-refractivity contribution is -0.121. The van der Waals surface area contributed by atoms with Crippen LogP contribution in [0.1, 0.15) is 37.0 Å². The summed E-state index contributed by atoms with van der Waals surface area (Å²) in [5, 5.41) is 6.79. The molecule has 2 aromatic rings. The predicted octanol–water partition coefficient (Wildman–Crippen LogP) is 2.07. The number of benzene rings is 1. The van der Waals surface area contributed by atoms with Crippen molar-refractivity contribution >= 4 is 5.91 Å². The molecule has 1 aromatic carbocycles. The molecule has 0 fully saturated rings. The van der Waals surface area contributed by atoms with E-state index in [0.29, 0.717) is 31.1 Å². The van der Waals surface area contributed by atoms with Crippen LogP contribution >= 0.6 is 0 Å². The Balaban J connectivity index is 1.38. The molecule has 1 unspecified atom stereocenters. The van der Waals surface area contributed by atoms with Crippen molar-refractivity contribution < 1.29 is 14.1 Å². The van der Waals surface area contributed by atoms with Gasteiger partial charge in [-0.3, -0.25) is 4.79 Å². The maximum Gasteiger partial charge on any atom is 0.227 e. The molecule has 1 aliphatic heterocycles. The Hall–Kier alpha value is -2.37. The van der Waals surface area contributed by atoms with Crippen molar-refractivity contribution in [3.05, 3.63) is 41.5 Å². The monoisotopic (exact) mass is 315 g/mol. The number of ether oxygens (including phenoxy) is 1. The van der Waals surface area contributed by atoms with Gasteiger partial charge in [0, 0.05) is 25.7 Å². The van der Waals surface area contributed by atoms with Crippen LogP contribution in [0.3, 0.4) is 0 Å². The molecule has 1 atom stereocenters. The first-order valence-corrected chi connectivity index (χ1v) is 8.07. The summed E-state index contributed by atoms with van der Waals surface area (Å²) in [6.45, 7) is 2.57. The van der Waals surface area contributed by atoms with Gasteiger partial charge in [0.15, 0.2) is 5.82 Å². The van der Waals surface area contributed by atoms with E-state index in [9.17, 15) is 4.79 Å². The van der Waals surface area contributed by atoms with Crippen molar-refractivity contribution in [2.75, 3.05) is 6.54 Å². The zero-order valence-corrected chi connectivity index (χ0v) is 13.2. The Morgan fingerprint density at radius 1 is 1.35 bits per heavy atom. The molecule has 0 bridgehead atoms. The van der Waals surface area contributed by atoms with Gasteiger partial charge < -0.3 is 14.6 Å². The van der Waals surface area contributed by atoms with Crippen molar-refractivity contribution in [3.8, 4) is 5.75 Å². The van der Waals surface area contributed by atoms with Gasteiger partial charge in [0.05, 0.1) is 6.54 Å². The largest absolute Gasteiger partial charge is 0.488 e. The SMILES string of the molecule is CCCc1noc(CCC(=O)NCC2Cc3ccccc3O2)n1. The second-order valence-electron chi connectivity index (χ2n) is 5.71. The normalized spacial score (nSPS) is 16.0. The highest BCUT2D eigenvalue weighted by Gasteiger charge is 2.22. The van der Waals surface area contributed by atoms with Crippen LogP contribution < -0.4 is 10.1 Å². The van der Waals surface area contributed by atoms with Crippen molar-refractivity contribution in [1.29, 1.82) is 0 Å². The molecule has 6 heteroatoms. The van der Waals surface area contributed by atoms with Gasteiger partial charge in [-0.25, -0.2) is 0 Å². The van der Waals surface area contributed by atoms with Gasteiger partial charge >= 0.3 is 0 Å². The lowest BCUT2D eigenvalue weighted by Gasteiger charge is -2.11. The number of nitrogens with zero attached hydrogens (tertiary/aromatic N) is 2. The molecule has 1 aromatic heterocycles. The molecule has 1 N–H and O–H groups in total. The molecule has 3 rings (SSSR count). The van der Waals surface area contributed by atoms with Gasteiger partial charge in [-0.1, -0.05) is 30.3 Å². The molecule has 0 spiro atoms. The lowest BCUT2D eigenvalue weighted by atomic mass is 10.1. The summed E-state index contributed by atoms with van der Waals surface area (Å²) in [7, 11) is 0. The number of carbonyl (C=O) groups excluding carboxylic acids is 1. The van der Waals surface area contributed by atoms with Gasteiger partial charge in [0.2, 0.25) is 11.8 Å². The molecule has 0 radical (unpaired) electrons. The summed E-state index contributed by atoms with van der Waals surface area (Å²) >= 11 is 0. The van der Waals surface area contributed by atoms with E-state index < -0.39 is 0 Å². The van der Waals surface area contributed by atoms with Crippen LogP contribution in [-0.4, -0.2) is 28.7 Å². The van der Waals surface area contributed by atoms with Crippen LogP contribution in [0.2, 0.25) is 0 Å². The first-order chi connectivity index (χ1) is 11.2. The summed E-state index contributed by atoms with van der Waals surface area (Å²) in [6, 6.07) is 7.97. The van der Waals surface area contributed by atoms with Gasteiger partial charge in [0.25, 0.3) is 0 Å². The topological polar surface area (TPSA) is 77.2 Å². The summed E-state index contributed by atoms with van der Waals surface area (Å²) in [6.07, 6.45) is 3.43. The standard InChI is InChI=1S/C17H21N3O3/c1-2-5-15-19-17(23-20-15)9-8-16(21)18-11-13-10-12-6-3-4-7-14(12)22-13/h3-4,6-7,13H,2,5,8-11H2,1H3,(H,18,21). The first-order valence-electron chi connectivity index (χ1n) is 8.07. The lowest BCUT2D eigenvalue weighted by Crippen LogP contribution is -2.34. The second-order valence-corrected chi connectivity index (χ2v) is 5.71. The molecule has 0 saturated carbocycles. The third-order valence-corrected chi connectivity index (χ3v) is 3.79. The summed E-state index contributed by atoms with van der Waals surface area (Å²) in [5.41, 5.74) is 1.20. The minimum Gasteiger partial charge on any atom is -0.488 e. The van der Waals surface area contributed by atoms with E-state index >= 15 is 0 Å². The third-order valence-electron chi connectivity index (χ3n) is 3.79. The average molecular weight is 315 g/mol. The van der Waals surface area contributed by atoms with Crippen molar-refractivity contribution in [2.45, 2.75) is 45.1 Å². The zero-order chi connectivity index (χ0) is 16.1. The molecule has 1 aliphatic rings. The van der Waals surface area contributed by atoms with Crippen LogP contribution in [-0.2, 0) is 24.1 Å². The quantitative estimate of drug-likeness (QED) is 0.846. The van der Waals surface area contributed by atoms with E-state index in [0.717, 1.165) is 25.0 Å². The number of aromatic nitrogens is 2. The maximum atomic E-state index is 11.9. The molecule has 6 nitrogen and oxygen atoms in total. The highest BCUT2D eigenvalue weighted by atomic mass is 16.5. The van der Waals surface area contributed by atoms with Crippen LogP contribution in [0.15, 0.2) is 28.8 Å². The van der Waals surface area contributed by atoms with Crippen molar-refractivity contribution in [2.24, 2.45) is 0 Å². The number of aryl methyl sites for hydroxylation is 2. The van der Waals surface area contributed by atoms with Crippen LogP contribution in [0, 0.1) is 0 Å². The summed E-state index contributed by atoms with van der Waals surface area (Å²) < 4.78 is 10.9. The number of para-hydroxylation sites is 1. The minimum atomic E-state index is -0.0280. The fraction of sp³-hybridized carbons (Fsp3) is 0.471.